The molecular formula is C16H23FN2O2. The summed E-state index contributed by atoms with van der Waals surface area (Å²) >= 11 is 0. The van der Waals surface area contributed by atoms with Crippen LogP contribution in [0.1, 0.15) is 44.7 Å². The van der Waals surface area contributed by atoms with Gasteiger partial charge in [-0.15, -0.1) is 0 Å². The fourth-order valence-electron chi connectivity index (χ4n) is 2.60. The Bertz CT molecular complexity index is 499. The van der Waals surface area contributed by atoms with Crippen molar-refractivity contribution >= 4 is 5.91 Å². The first-order valence-electron chi connectivity index (χ1n) is 7.49. The molecule has 2 atom stereocenters. The van der Waals surface area contributed by atoms with E-state index < -0.39 is 11.9 Å². The van der Waals surface area contributed by atoms with E-state index in [-0.39, 0.29) is 11.9 Å². The molecule has 1 heterocycles. The predicted octanol–water partition coefficient (Wildman–Crippen LogP) is 2.63. The lowest BCUT2D eigenvalue weighted by molar-refractivity contribution is -0.138. The Kier molecular flexibility index (Phi) is 5.17. The maximum absolute atomic E-state index is 13.4. The van der Waals surface area contributed by atoms with Crippen molar-refractivity contribution in [2.75, 3.05) is 13.1 Å². The zero-order valence-corrected chi connectivity index (χ0v) is 12.6. The van der Waals surface area contributed by atoms with Gasteiger partial charge < -0.3 is 15.4 Å². The van der Waals surface area contributed by atoms with E-state index in [4.69, 9.17) is 10.5 Å². The number of hydrogen-bond acceptors (Lipinski definition) is 3. The molecule has 116 valence electrons. The molecule has 21 heavy (non-hydrogen) atoms. The first-order valence-corrected chi connectivity index (χ1v) is 7.49. The van der Waals surface area contributed by atoms with E-state index in [1.165, 1.54) is 12.1 Å². The van der Waals surface area contributed by atoms with Crippen LogP contribution in [-0.4, -0.2) is 30.0 Å². The zero-order valence-electron chi connectivity index (χ0n) is 12.6. The van der Waals surface area contributed by atoms with E-state index in [1.54, 1.807) is 19.9 Å². The summed E-state index contributed by atoms with van der Waals surface area (Å²) in [5.41, 5.74) is 6.56. The molecule has 2 rings (SSSR count). The number of carbonyl (C=O) groups is 1. The van der Waals surface area contributed by atoms with Gasteiger partial charge in [-0.2, -0.15) is 0 Å². The fourth-order valence-corrected chi connectivity index (χ4v) is 2.60. The molecule has 0 aliphatic carbocycles. The van der Waals surface area contributed by atoms with Crippen LogP contribution in [0.4, 0.5) is 4.39 Å². The van der Waals surface area contributed by atoms with Gasteiger partial charge in [0.25, 0.3) is 5.91 Å². The zero-order chi connectivity index (χ0) is 15.4. The van der Waals surface area contributed by atoms with Crippen LogP contribution in [0.2, 0.25) is 0 Å². The minimum absolute atomic E-state index is 0.0467. The molecule has 1 aromatic carbocycles. The molecule has 5 heteroatoms. The lowest BCUT2D eigenvalue weighted by Gasteiger charge is -2.29. The molecule has 1 saturated heterocycles. The molecule has 4 nitrogen and oxygen atoms in total. The van der Waals surface area contributed by atoms with E-state index in [1.807, 2.05) is 4.90 Å². The van der Waals surface area contributed by atoms with Gasteiger partial charge in [-0.25, -0.2) is 4.39 Å². The van der Waals surface area contributed by atoms with Crippen LogP contribution < -0.4 is 10.5 Å². The largest absolute Gasteiger partial charge is 0.480 e. The lowest BCUT2D eigenvalue weighted by atomic mass is 10.1. The normalized spacial score (nSPS) is 18.2. The summed E-state index contributed by atoms with van der Waals surface area (Å²) in [5.74, 6) is -0.0931. The second-order valence-corrected chi connectivity index (χ2v) is 5.62. The second kappa shape index (κ2) is 6.89. The third-order valence-corrected chi connectivity index (χ3v) is 3.79. The van der Waals surface area contributed by atoms with Crippen molar-refractivity contribution in [1.29, 1.82) is 0 Å². The Morgan fingerprint density at radius 1 is 1.29 bits per heavy atom. The van der Waals surface area contributed by atoms with Gasteiger partial charge in [-0.1, -0.05) is 6.07 Å². The van der Waals surface area contributed by atoms with Gasteiger partial charge in [0, 0.05) is 30.8 Å². The van der Waals surface area contributed by atoms with E-state index in [0.29, 0.717) is 11.3 Å². The lowest BCUT2D eigenvalue weighted by Crippen LogP contribution is -2.43. The number of ether oxygens (including phenoxy) is 1. The minimum atomic E-state index is -0.637. The number of amides is 1. The number of halogens is 1. The summed E-state index contributed by atoms with van der Waals surface area (Å²) < 4.78 is 19.1. The van der Waals surface area contributed by atoms with Crippen LogP contribution in [0, 0.1) is 5.82 Å². The second-order valence-electron chi connectivity index (χ2n) is 5.62. The van der Waals surface area contributed by atoms with Crippen molar-refractivity contribution in [1.82, 2.24) is 4.90 Å². The highest BCUT2D eigenvalue weighted by Crippen LogP contribution is 2.26. The maximum atomic E-state index is 13.4. The van der Waals surface area contributed by atoms with Crippen LogP contribution in [0.5, 0.6) is 5.75 Å². The third kappa shape index (κ3) is 3.94. The summed E-state index contributed by atoms with van der Waals surface area (Å²) in [4.78, 5) is 14.2. The molecule has 0 spiro atoms. The summed E-state index contributed by atoms with van der Waals surface area (Å²) in [5, 5.41) is 0. The number of hydrogen-bond donors (Lipinski definition) is 1. The summed E-state index contributed by atoms with van der Waals surface area (Å²) in [6, 6.07) is 3.97. The van der Waals surface area contributed by atoms with Crippen LogP contribution in [0.15, 0.2) is 18.2 Å². The molecule has 0 saturated carbocycles. The van der Waals surface area contributed by atoms with Gasteiger partial charge in [0.2, 0.25) is 0 Å². The molecular weight excluding hydrogens is 271 g/mol. The number of piperidine rings is 1. The van der Waals surface area contributed by atoms with Crippen molar-refractivity contribution < 1.29 is 13.9 Å². The van der Waals surface area contributed by atoms with Crippen LogP contribution in [0.3, 0.4) is 0 Å². The number of nitrogens with zero attached hydrogens (tertiary/aromatic N) is 1. The van der Waals surface area contributed by atoms with Crippen LogP contribution in [0.25, 0.3) is 0 Å². The van der Waals surface area contributed by atoms with E-state index in [9.17, 15) is 9.18 Å². The molecule has 0 radical (unpaired) electrons. The average molecular weight is 294 g/mol. The molecule has 1 amide bonds. The highest BCUT2D eigenvalue weighted by atomic mass is 19.1. The van der Waals surface area contributed by atoms with Crippen molar-refractivity contribution in [3.8, 4) is 5.75 Å². The van der Waals surface area contributed by atoms with Gasteiger partial charge in [0.05, 0.1) is 0 Å². The molecule has 0 aromatic heterocycles. The van der Waals surface area contributed by atoms with Gasteiger partial charge in [0.15, 0.2) is 6.10 Å². The standard InChI is InChI=1S/C16H23FN2O2/c1-11(18)14-7-6-13(17)10-15(14)21-12(2)16(20)19-8-4-3-5-9-19/h6-7,10-12H,3-5,8-9,18H2,1-2H3/t11-,12?/m1/s1. The first kappa shape index (κ1) is 15.8. The molecule has 1 aliphatic heterocycles. The number of nitrogens with two attached hydrogens (primary N) is 1. The molecule has 1 aliphatic rings. The molecule has 1 fully saturated rings. The first-order chi connectivity index (χ1) is 9.99. The van der Waals surface area contributed by atoms with E-state index >= 15 is 0 Å². The maximum Gasteiger partial charge on any atom is 0.263 e. The van der Waals surface area contributed by atoms with Crippen molar-refractivity contribution in [2.24, 2.45) is 5.73 Å². The Hall–Kier alpha value is -1.62. The van der Waals surface area contributed by atoms with Crippen molar-refractivity contribution in [3.05, 3.63) is 29.6 Å². The Morgan fingerprint density at radius 2 is 1.95 bits per heavy atom. The average Bonchev–Trinajstić information content (AvgIpc) is 2.47. The van der Waals surface area contributed by atoms with Gasteiger partial charge >= 0.3 is 0 Å². The summed E-state index contributed by atoms with van der Waals surface area (Å²) in [6.07, 6.45) is 2.59. The van der Waals surface area contributed by atoms with Gasteiger partial charge in [-0.3, -0.25) is 4.79 Å². The Balaban J connectivity index is 2.09. The topological polar surface area (TPSA) is 55.6 Å². The Labute approximate surface area is 125 Å². The summed E-state index contributed by atoms with van der Waals surface area (Å²) in [7, 11) is 0. The monoisotopic (exact) mass is 294 g/mol. The van der Waals surface area contributed by atoms with E-state index in [2.05, 4.69) is 0 Å². The highest BCUT2D eigenvalue weighted by Gasteiger charge is 2.24. The SMILES string of the molecule is CC(Oc1cc(F)ccc1[C@@H](C)N)C(=O)N1CCCCC1. The number of rotatable bonds is 4. The number of benzene rings is 1. The van der Waals surface area contributed by atoms with Crippen LogP contribution >= 0.6 is 0 Å². The minimum Gasteiger partial charge on any atom is -0.480 e. The molecule has 1 aromatic rings. The van der Waals surface area contributed by atoms with Gasteiger partial charge in [0.1, 0.15) is 11.6 Å². The van der Waals surface area contributed by atoms with Gasteiger partial charge in [-0.05, 0) is 39.2 Å². The summed E-state index contributed by atoms with van der Waals surface area (Å²) in [6.45, 7) is 5.05. The number of carbonyl (C=O) groups excluding carboxylic acids is 1. The molecule has 0 bridgehead atoms. The van der Waals surface area contributed by atoms with Crippen LogP contribution in [-0.2, 0) is 4.79 Å². The Morgan fingerprint density at radius 3 is 2.57 bits per heavy atom. The quantitative estimate of drug-likeness (QED) is 0.928. The molecule has 1 unspecified atom stereocenters. The van der Waals surface area contributed by atoms with Crippen molar-refractivity contribution in [3.63, 3.8) is 0 Å². The smallest absolute Gasteiger partial charge is 0.263 e. The van der Waals surface area contributed by atoms with E-state index in [0.717, 1.165) is 32.4 Å². The molecule has 2 N–H and O–H groups in total. The van der Waals surface area contributed by atoms with Crippen molar-refractivity contribution in [2.45, 2.75) is 45.3 Å². The highest BCUT2D eigenvalue weighted by molar-refractivity contribution is 5.81. The third-order valence-electron chi connectivity index (χ3n) is 3.79. The fraction of sp³-hybridized carbons (Fsp3) is 0.562. The number of likely N-dealkylation sites (tertiary alicyclic amines) is 1. The predicted molar refractivity (Wildman–Crippen MR) is 79.5 cm³/mol.